The molecule has 3 heterocycles. The number of benzene rings is 2. The molecular formula is C28H31N7O6S2. The molecule has 1 aliphatic rings. The number of anilines is 3. The number of nitrogens with zero attached hydrogens (tertiary/aromatic N) is 5. The first-order valence-corrected chi connectivity index (χ1v) is 16.0. The second-order valence-electron chi connectivity index (χ2n) is 9.86. The summed E-state index contributed by atoms with van der Waals surface area (Å²) in [5.41, 5.74) is 1.06. The fourth-order valence-electron chi connectivity index (χ4n) is 4.69. The smallest absolute Gasteiger partial charge is 0.269 e. The molecule has 0 amide bonds. The van der Waals surface area contributed by atoms with E-state index in [1.165, 1.54) is 42.1 Å². The van der Waals surface area contributed by atoms with Crippen LogP contribution in [0.5, 0.6) is 5.75 Å². The lowest BCUT2D eigenvalue weighted by Gasteiger charge is -2.36. The number of nitro groups is 1. The van der Waals surface area contributed by atoms with Crippen molar-refractivity contribution in [3.8, 4) is 5.75 Å². The van der Waals surface area contributed by atoms with Gasteiger partial charge in [0.25, 0.3) is 5.69 Å². The molecule has 0 unspecified atom stereocenters. The van der Waals surface area contributed by atoms with Gasteiger partial charge in [-0.15, -0.1) is 0 Å². The third-order valence-electron chi connectivity index (χ3n) is 6.82. The fraction of sp³-hybridized carbons (Fsp3) is 0.321. The lowest BCUT2D eigenvalue weighted by Crippen LogP contribution is -2.45. The summed E-state index contributed by atoms with van der Waals surface area (Å²) in [7, 11) is -2.17. The summed E-state index contributed by atoms with van der Waals surface area (Å²) in [4.78, 5) is 23.1. The Hall–Kier alpha value is -4.21. The predicted octanol–water partition coefficient (Wildman–Crippen LogP) is 4.91. The molecular weight excluding hydrogens is 594 g/mol. The summed E-state index contributed by atoms with van der Waals surface area (Å²) in [5, 5.41) is 21.9. The van der Waals surface area contributed by atoms with Crippen LogP contribution >= 0.6 is 11.8 Å². The van der Waals surface area contributed by atoms with Gasteiger partial charge >= 0.3 is 0 Å². The van der Waals surface area contributed by atoms with Crippen LogP contribution in [-0.2, 0) is 20.3 Å². The van der Waals surface area contributed by atoms with Crippen molar-refractivity contribution in [3.63, 3.8) is 0 Å². The summed E-state index contributed by atoms with van der Waals surface area (Å²) >= 11 is 1.28. The van der Waals surface area contributed by atoms with Crippen molar-refractivity contribution in [2.24, 2.45) is 0 Å². The molecule has 43 heavy (non-hydrogen) atoms. The van der Waals surface area contributed by atoms with E-state index in [0.717, 1.165) is 17.0 Å². The van der Waals surface area contributed by atoms with Crippen molar-refractivity contribution in [2.75, 3.05) is 37.1 Å². The molecule has 1 aliphatic heterocycles. The van der Waals surface area contributed by atoms with Crippen LogP contribution in [0.25, 0.3) is 0 Å². The predicted molar refractivity (Wildman–Crippen MR) is 162 cm³/mol. The molecule has 4 aromatic rings. The number of nitro benzene ring substituents is 1. The normalized spacial score (nSPS) is 15.3. The van der Waals surface area contributed by atoms with E-state index in [9.17, 15) is 18.5 Å². The van der Waals surface area contributed by atoms with Gasteiger partial charge in [0.2, 0.25) is 5.75 Å². The maximum atomic E-state index is 13.1. The maximum Gasteiger partial charge on any atom is 0.269 e. The van der Waals surface area contributed by atoms with E-state index in [-0.39, 0.29) is 22.4 Å². The van der Waals surface area contributed by atoms with E-state index in [1.54, 1.807) is 25.3 Å². The van der Waals surface area contributed by atoms with Gasteiger partial charge in [-0.2, -0.15) is 5.10 Å². The summed E-state index contributed by atoms with van der Waals surface area (Å²) in [6.45, 7) is 5.75. The monoisotopic (exact) mass is 625 g/mol. The Kier molecular flexibility index (Phi) is 9.13. The van der Waals surface area contributed by atoms with Crippen molar-refractivity contribution in [3.05, 3.63) is 76.0 Å². The maximum absolute atomic E-state index is 13.1. The second-order valence-corrected chi connectivity index (χ2v) is 12.9. The Bertz CT molecular complexity index is 1710. The zero-order valence-corrected chi connectivity index (χ0v) is 25.4. The first-order chi connectivity index (χ1) is 20.7. The molecule has 0 bridgehead atoms. The molecule has 0 radical (unpaired) electrons. The Morgan fingerprint density at radius 2 is 2.00 bits per heavy atom. The van der Waals surface area contributed by atoms with Crippen LogP contribution in [0.1, 0.15) is 24.6 Å². The summed E-state index contributed by atoms with van der Waals surface area (Å²) in [5.74, 6) is 1.77. The Morgan fingerprint density at radius 3 is 2.67 bits per heavy atom. The van der Waals surface area contributed by atoms with Crippen LogP contribution in [0.3, 0.4) is 0 Å². The zero-order valence-electron chi connectivity index (χ0n) is 23.8. The molecule has 0 aliphatic carbocycles. The van der Waals surface area contributed by atoms with E-state index in [4.69, 9.17) is 19.4 Å². The van der Waals surface area contributed by atoms with Gasteiger partial charge in [-0.25, -0.2) is 18.4 Å². The van der Waals surface area contributed by atoms with Crippen LogP contribution in [0, 0.1) is 17.0 Å². The quantitative estimate of drug-likeness (QED) is 0.132. The van der Waals surface area contributed by atoms with Crippen molar-refractivity contribution in [1.29, 1.82) is 0 Å². The minimum Gasteiger partial charge on any atom is -0.490 e. The average molecular weight is 626 g/mol. The Labute approximate surface area is 253 Å². The Morgan fingerprint density at radius 1 is 1.21 bits per heavy atom. The number of hydrogen-bond acceptors (Lipinski definition) is 12. The van der Waals surface area contributed by atoms with Gasteiger partial charge in [-0.1, -0.05) is 19.1 Å². The van der Waals surface area contributed by atoms with Crippen molar-refractivity contribution < 1.29 is 22.8 Å². The number of aromatic amines is 1. The number of sulfone groups is 1. The largest absolute Gasteiger partial charge is 0.490 e. The average Bonchev–Trinajstić information content (AvgIpc) is 3.41. The third-order valence-corrected chi connectivity index (χ3v) is 9.40. The van der Waals surface area contributed by atoms with Gasteiger partial charge in [0, 0.05) is 35.3 Å². The van der Waals surface area contributed by atoms with Gasteiger partial charge < -0.3 is 19.7 Å². The van der Waals surface area contributed by atoms with E-state index >= 15 is 0 Å². The molecule has 226 valence electrons. The fourth-order valence-corrected chi connectivity index (χ4v) is 6.78. The number of ether oxygens (including phenoxy) is 2. The molecule has 1 saturated heterocycles. The highest BCUT2D eigenvalue weighted by Gasteiger charge is 2.29. The molecule has 0 spiro atoms. The van der Waals surface area contributed by atoms with Crippen LogP contribution in [0.4, 0.5) is 23.1 Å². The number of methoxy groups -OCH3 is 1. The zero-order chi connectivity index (χ0) is 30.6. The number of aryl methyl sites for hydroxylation is 1. The molecule has 2 aromatic heterocycles. The number of aromatic nitrogens is 4. The first kappa shape index (κ1) is 30.3. The van der Waals surface area contributed by atoms with Crippen molar-refractivity contribution >= 4 is 44.7 Å². The highest BCUT2D eigenvalue weighted by Crippen LogP contribution is 2.39. The highest BCUT2D eigenvalue weighted by molar-refractivity contribution is 7.99. The third kappa shape index (κ3) is 7.06. The minimum absolute atomic E-state index is 0.103. The number of nitrogens with one attached hydrogen (secondary N) is 2. The standard InChI is InChI=1S/C28H31N7O6S2/c1-4-20-16-41-13-12-34(20)27-25(40-3)26(29-24-14-18(2)32-33-24)30-28(31-27)42-22-8-10-23(11-9-22)43(38,39)17-19-6-5-7-21(15-19)35(36)37/h5-11,14-15,20H,4,12-13,16-17H2,1-3H3,(H2,29,30,31,32,33)/t20-/m1/s1. The lowest BCUT2D eigenvalue weighted by atomic mass is 10.1. The van der Waals surface area contributed by atoms with Gasteiger partial charge in [-0.3, -0.25) is 15.2 Å². The molecule has 1 fully saturated rings. The van der Waals surface area contributed by atoms with E-state index in [2.05, 4.69) is 27.3 Å². The van der Waals surface area contributed by atoms with Crippen LogP contribution in [-0.4, -0.2) is 66.4 Å². The van der Waals surface area contributed by atoms with E-state index < -0.39 is 14.8 Å². The topological polar surface area (TPSA) is 165 Å². The van der Waals surface area contributed by atoms with Crippen LogP contribution in [0.2, 0.25) is 0 Å². The van der Waals surface area contributed by atoms with Gasteiger partial charge in [0.1, 0.15) is 0 Å². The highest BCUT2D eigenvalue weighted by atomic mass is 32.2. The lowest BCUT2D eigenvalue weighted by molar-refractivity contribution is -0.384. The molecule has 5 rings (SSSR count). The molecule has 2 N–H and O–H groups in total. The summed E-state index contributed by atoms with van der Waals surface area (Å²) in [6.07, 6.45) is 0.850. The summed E-state index contributed by atoms with van der Waals surface area (Å²) < 4.78 is 37.7. The number of H-pyrrole nitrogens is 1. The first-order valence-electron chi connectivity index (χ1n) is 13.5. The second kappa shape index (κ2) is 13.0. The number of non-ortho nitro benzene ring substituents is 1. The van der Waals surface area contributed by atoms with Crippen LogP contribution < -0.4 is 15.0 Å². The molecule has 0 saturated carbocycles. The van der Waals surface area contributed by atoms with E-state index in [0.29, 0.717) is 53.7 Å². The van der Waals surface area contributed by atoms with Crippen molar-refractivity contribution in [2.45, 2.75) is 47.0 Å². The van der Waals surface area contributed by atoms with E-state index in [1.807, 2.05) is 13.0 Å². The number of hydrogen-bond donors (Lipinski definition) is 2. The van der Waals surface area contributed by atoms with Gasteiger partial charge in [-0.05, 0) is 54.9 Å². The minimum atomic E-state index is -3.74. The van der Waals surface area contributed by atoms with Crippen LogP contribution in [0.15, 0.2) is 69.5 Å². The SMILES string of the molecule is CC[C@@H]1COCCN1c1nc(Sc2ccc(S(=O)(=O)Cc3cccc([N+](=O)[O-])c3)cc2)nc(Nc2cc(C)[nH]n2)c1OC. The summed E-state index contributed by atoms with van der Waals surface area (Å²) in [6, 6.07) is 14.0. The molecule has 15 heteroatoms. The molecule has 13 nitrogen and oxygen atoms in total. The molecule has 2 aromatic carbocycles. The number of morpholine rings is 1. The van der Waals surface area contributed by atoms with Gasteiger partial charge in [0.15, 0.2) is 32.4 Å². The van der Waals surface area contributed by atoms with Gasteiger partial charge in [0.05, 0.1) is 41.9 Å². The molecule has 1 atom stereocenters. The Balaban J connectivity index is 1.43. The number of rotatable bonds is 11. The van der Waals surface area contributed by atoms with Crippen molar-refractivity contribution in [1.82, 2.24) is 20.2 Å².